The Bertz CT molecular complexity index is 537. The van der Waals surface area contributed by atoms with Gasteiger partial charge in [-0.15, -0.1) is 10.2 Å². The zero-order valence-corrected chi connectivity index (χ0v) is 10.6. The Morgan fingerprint density at radius 2 is 2.12 bits per heavy atom. The molecule has 0 atom stereocenters. The third-order valence-corrected chi connectivity index (χ3v) is 3.22. The number of rotatable bonds is 3. The van der Waals surface area contributed by atoms with Gasteiger partial charge in [-0.25, -0.2) is 0 Å². The molecule has 5 heteroatoms. The van der Waals surface area contributed by atoms with E-state index in [1.165, 1.54) is 0 Å². The van der Waals surface area contributed by atoms with Crippen LogP contribution in [0.1, 0.15) is 18.3 Å². The summed E-state index contributed by atoms with van der Waals surface area (Å²) in [5, 5.41) is 17.9. The molecular formula is C12H14ClN3O. The highest BCUT2D eigenvalue weighted by atomic mass is 35.5. The molecule has 0 aliphatic heterocycles. The average Bonchev–Trinajstić information content (AvgIpc) is 2.75. The van der Waals surface area contributed by atoms with Crippen LogP contribution in [0.15, 0.2) is 18.2 Å². The van der Waals surface area contributed by atoms with Crippen molar-refractivity contribution in [3.8, 4) is 11.4 Å². The summed E-state index contributed by atoms with van der Waals surface area (Å²) in [6.45, 7) is 4.51. The summed E-state index contributed by atoms with van der Waals surface area (Å²) in [6.07, 6.45) is 0. The van der Waals surface area contributed by atoms with E-state index in [2.05, 4.69) is 10.2 Å². The number of aromatic nitrogens is 3. The van der Waals surface area contributed by atoms with Gasteiger partial charge in [0.2, 0.25) is 0 Å². The van der Waals surface area contributed by atoms with Crippen molar-refractivity contribution >= 4 is 11.6 Å². The fourth-order valence-corrected chi connectivity index (χ4v) is 2.01. The maximum atomic E-state index is 9.18. The molecule has 0 aliphatic carbocycles. The molecule has 0 fully saturated rings. The number of benzene rings is 1. The third kappa shape index (κ3) is 2.06. The molecule has 1 N–H and O–H groups in total. The van der Waals surface area contributed by atoms with Crippen molar-refractivity contribution in [2.75, 3.05) is 0 Å². The lowest BCUT2D eigenvalue weighted by Gasteiger charge is -2.08. The number of aliphatic hydroxyl groups is 1. The summed E-state index contributed by atoms with van der Waals surface area (Å²) in [5.74, 6) is 1.25. The normalized spacial score (nSPS) is 10.8. The third-order valence-electron chi connectivity index (χ3n) is 2.72. The molecule has 0 aliphatic rings. The van der Waals surface area contributed by atoms with Gasteiger partial charge in [-0.2, -0.15) is 0 Å². The van der Waals surface area contributed by atoms with Crippen molar-refractivity contribution in [3.05, 3.63) is 34.6 Å². The smallest absolute Gasteiger partial charge is 0.165 e. The molecule has 0 saturated carbocycles. The van der Waals surface area contributed by atoms with Gasteiger partial charge >= 0.3 is 0 Å². The van der Waals surface area contributed by atoms with E-state index in [0.29, 0.717) is 23.2 Å². The van der Waals surface area contributed by atoms with E-state index in [4.69, 9.17) is 11.6 Å². The summed E-state index contributed by atoms with van der Waals surface area (Å²) in [4.78, 5) is 0. The van der Waals surface area contributed by atoms with Crippen molar-refractivity contribution < 1.29 is 5.11 Å². The van der Waals surface area contributed by atoms with Crippen LogP contribution in [0.3, 0.4) is 0 Å². The fourth-order valence-electron chi connectivity index (χ4n) is 1.80. The topological polar surface area (TPSA) is 50.9 Å². The van der Waals surface area contributed by atoms with Crippen molar-refractivity contribution in [2.45, 2.75) is 27.0 Å². The number of aryl methyl sites for hydroxylation is 1. The predicted octanol–water partition coefficient (Wildman–Crippen LogP) is 2.42. The van der Waals surface area contributed by atoms with Crippen LogP contribution in [0.25, 0.3) is 11.4 Å². The number of hydrogen-bond donors (Lipinski definition) is 1. The van der Waals surface area contributed by atoms with Gasteiger partial charge in [0.1, 0.15) is 6.61 Å². The first-order valence-corrected chi connectivity index (χ1v) is 5.85. The molecule has 0 bridgehead atoms. The Morgan fingerprint density at radius 1 is 1.35 bits per heavy atom. The quantitative estimate of drug-likeness (QED) is 0.912. The Morgan fingerprint density at radius 3 is 2.76 bits per heavy atom. The van der Waals surface area contributed by atoms with E-state index in [1.54, 1.807) is 0 Å². The van der Waals surface area contributed by atoms with E-state index in [0.717, 1.165) is 11.1 Å². The monoisotopic (exact) mass is 251 g/mol. The molecule has 1 heterocycles. The lowest BCUT2D eigenvalue weighted by atomic mass is 10.1. The molecule has 1 aromatic heterocycles. The Labute approximate surface area is 105 Å². The number of halogens is 1. The van der Waals surface area contributed by atoms with Crippen LogP contribution in [-0.4, -0.2) is 19.9 Å². The maximum absolute atomic E-state index is 9.18. The number of hydrogen-bond acceptors (Lipinski definition) is 3. The molecule has 17 heavy (non-hydrogen) atoms. The van der Waals surface area contributed by atoms with E-state index in [1.807, 2.05) is 36.6 Å². The highest BCUT2D eigenvalue weighted by Gasteiger charge is 2.15. The highest BCUT2D eigenvalue weighted by Crippen LogP contribution is 2.29. The van der Waals surface area contributed by atoms with Gasteiger partial charge in [0.15, 0.2) is 11.6 Å². The van der Waals surface area contributed by atoms with Crippen LogP contribution < -0.4 is 0 Å². The summed E-state index contributed by atoms with van der Waals surface area (Å²) in [6, 6.07) is 5.79. The molecule has 0 spiro atoms. The summed E-state index contributed by atoms with van der Waals surface area (Å²) >= 11 is 6.27. The largest absolute Gasteiger partial charge is 0.388 e. The molecule has 2 rings (SSSR count). The molecule has 2 aromatic rings. The van der Waals surface area contributed by atoms with Crippen LogP contribution in [0, 0.1) is 6.92 Å². The van der Waals surface area contributed by atoms with Crippen molar-refractivity contribution in [3.63, 3.8) is 0 Å². The number of nitrogens with zero attached hydrogens (tertiary/aromatic N) is 3. The molecule has 1 aromatic carbocycles. The zero-order valence-electron chi connectivity index (χ0n) is 9.81. The van der Waals surface area contributed by atoms with Gasteiger partial charge in [-0.1, -0.05) is 23.7 Å². The first kappa shape index (κ1) is 12.1. The molecule has 4 nitrogen and oxygen atoms in total. The molecule has 0 saturated heterocycles. The molecule has 0 radical (unpaired) electrons. The van der Waals surface area contributed by atoms with E-state index < -0.39 is 0 Å². The van der Waals surface area contributed by atoms with Crippen LogP contribution in [0.5, 0.6) is 0 Å². The van der Waals surface area contributed by atoms with Crippen LogP contribution in [0.2, 0.25) is 5.02 Å². The maximum Gasteiger partial charge on any atom is 0.165 e. The minimum absolute atomic E-state index is 0.121. The fraction of sp³-hybridized carbons (Fsp3) is 0.333. The van der Waals surface area contributed by atoms with Crippen LogP contribution in [-0.2, 0) is 13.2 Å². The minimum Gasteiger partial charge on any atom is -0.388 e. The van der Waals surface area contributed by atoms with Gasteiger partial charge in [0.05, 0.1) is 5.02 Å². The second-order valence-corrected chi connectivity index (χ2v) is 4.16. The van der Waals surface area contributed by atoms with Gasteiger partial charge in [-0.05, 0) is 25.5 Å². The summed E-state index contributed by atoms with van der Waals surface area (Å²) < 4.78 is 1.86. The second kappa shape index (κ2) is 4.85. The molecule has 0 amide bonds. The van der Waals surface area contributed by atoms with E-state index >= 15 is 0 Å². The van der Waals surface area contributed by atoms with E-state index in [-0.39, 0.29) is 6.61 Å². The first-order valence-electron chi connectivity index (χ1n) is 5.47. The lowest BCUT2D eigenvalue weighted by Crippen LogP contribution is -2.03. The Hall–Kier alpha value is -1.39. The second-order valence-electron chi connectivity index (χ2n) is 3.78. The van der Waals surface area contributed by atoms with Gasteiger partial charge < -0.3 is 9.67 Å². The standard InChI is InChI=1S/C12H14ClN3O/c1-3-16-10(7-17)14-15-12(16)9-6-4-5-8(2)11(9)13/h4-6,17H,3,7H2,1-2H3. The van der Waals surface area contributed by atoms with Crippen molar-refractivity contribution in [1.29, 1.82) is 0 Å². The number of aliphatic hydroxyl groups excluding tert-OH is 1. The van der Waals surface area contributed by atoms with E-state index in [9.17, 15) is 5.11 Å². The van der Waals surface area contributed by atoms with Crippen molar-refractivity contribution in [1.82, 2.24) is 14.8 Å². The van der Waals surface area contributed by atoms with Gasteiger partial charge in [-0.3, -0.25) is 0 Å². The first-order chi connectivity index (χ1) is 8.19. The molecule has 90 valence electrons. The van der Waals surface area contributed by atoms with Crippen molar-refractivity contribution in [2.24, 2.45) is 0 Å². The van der Waals surface area contributed by atoms with Gasteiger partial charge in [0, 0.05) is 12.1 Å². The Kier molecular flexibility index (Phi) is 3.45. The highest BCUT2D eigenvalue weighted by molar-refractivity contribution is 6.33. The average molecular weight is 252 g/mol. The predicted molar refractivity (Wildman–Crippen MR) is 66.8 cm³/mol. The summed E-state index contributed by atoms with van der Waals surface area (Å²) in [7, 11) is 0. The lowest BCUT2D eigenvalue weighted by molar-refractivity contribution is 0.265. The summed E-state index contributed by atoms with van der Waals surface area (Å²) in [5.41, 5.74) is 1.85. The zero-order chi connectivity index (χ0) is 12.4. The van der Waals surface area contributed by atoms with Crippen LogP contribution >= 0.6 is 11.6 Å². The molecule has 0 unspecified atom stereocenters. The van der Waals surface area contributed by atoms with Gasteiger partial charge in [0.25, 0.3) is 0 Å². The SMILES string of the molecule is CCn1c(CO)nnc1-c1cccc(C)c1Cl. The minimum atomic E-state index is -0.121. The molecular weight excluding hydrogens is 238 g/mol. The Balaban J connectivity index is 2.60. The van der Waals surface area contributed by atoms with Crippen LogP contribution in [0.4, 0.5) is 0 Å².